The minimum absolute atomic E-state index is 0.113. The first-order chi connectivity index (χ1) is 14.6. The number of halogens is 2. The van der Waals surface area contributed by atoms with E-state index in [1.54, 1.807) is 13.0 Å². The van der Waals surface area contributed by atoms with Crippen molar-refractivity contribution in [3.8, 4) is 0 Å². The van der Waals surface area contributed by atoms with E-state index in [-0.39, 0.29) is 39.5 Å². The van der Waals surface area contributed by atoms with E-state index in [0.29, 0.717) is 18.1 Å². The molecule has 7 nitrogen and oxygen atoms in total. The first-order valence-electron chi connectivity index (χ1n) is 10.1. The molecule has 1 aromatic carbocycles. The second-order valence-electron chi connectivity index (χ2n) is 7.84. The molecule has 11 heteroatoms. The summed E-state index contributed by atoms with van der Waals surface area (Å²) in [5.41, 5.74) is 0.179. The van der Waals surface area contributed by atoms with Crippen LogP contribution in [-0.2, 0) is 18.9 Å². The molecule has 0 aromatic heterocycles. The van der Waals surface area contributed by atoms with Gasteiger partial charge in [-0.3, -0.25) is 14.4 Å². The molecule has 0 bridgehead atoms. The molecule has 2 amide bonds. The fourth-order valence-corrected chi connectivity index (χ4v) is 4.44. The Kier molecular flexibility index (Phi) is 10.00. The Balaban J connectivity index is 2.02. The number of carbonyl (C=O) groups is 3. The van der Waals surface area contributed by atoms with Crippen LogP contribution in [0.4, 0.5) is 0 Å². The number of nitrogens with one attached hydrogen (secondary N) is 2. The summed E-state index contributed by atoms with van der Waals surface area (Å²) in [6, 6.07) is 4.51. The summed E-state index contributed by atoms with van der Waals surface area (Å²) >= 11 is 13.4. The molecule has 2 rings (SSSR count). The van der Waals surface area contributed by atoms with E-state index in [2.05, 4.69) is 10.6 Å². The maximum atomic E-state index is 12.5. The van der Waals surface area contributed by atoms with Crippen LogP contribution in [0.25, 0.3) is 0 Å². The highest BCUT2D eigenvalue weighted by Crippen LogP contribution is 2.24. The van der Waals surface area contributed by atoms with E-state index in [1.807, 2.05) is 20.8 Å². The standard InChI is InChI=1S/C20H27BCl2N2O5S/c1-11(2)7-17(21-29-10-12(3)31-13(4)20(28)30-21)25-18(26)9-24-19(27)15-8-14(22)5-6-16(15)23/h5-6,8,11-13,17H,7,9-10H2,1-4H3,(H,24,27)(H,25,26)/t12-,13+,17+/m1/s1. The molecule has 1 saturated heterocycles. The lowest BCUT2D eigenvalue weighted by Crippen LogP contribution is -2.54. The zero-order chi connectivity index (χ0) is 23.1. The second-order valence-corrected chi connectivity index (χ2v) is 10.5. The van der Waals surface area contributed by atoms with Crippen LogP contribution in [-0.4, -0.2) is 54.5 Å². The van der Waals surface area contributed by atoms with Gasteiger partial charge in [0.2, 0.25) is 5.91 Å². The Bertz CT molecular complexity index is 814. The van der Waals surface area contributed by atoms with E-state index < -0.39 is 24.9 Å². The summed E-state index contributed by atoms with van der Waals surface area (Å²) in [5.74, 6) is -1.67. The lowest BCUT2D eigenvalue weighted by Gasteiger charge is -2.30. The van der Waals surface area contributed by atoms with E-state index in [1.165, 1.54) is 23.9 Å². The largest absolute Gasteiger partial charge is 0.551 e. The molecule has 3 atom stereocenters. The second kappa shape index (κ2) is 12.0. The van der Waals surface area contributed by atoms with Gasteiger partial charge in [0.1, 0.15) is 0 Å². The highest BCUT2D eigenvalue weighted by atomic mass is 35.5. The predicted molar refractivity (Wildman–Crippen MR) is 124 cm³/mol. The maximum Gasteiger partial charge on any atom is 0.551 e. The third-order valence-electron chi connectivity index (χ3n) is 4.48. The fraction of sp³-hybridized carbons (Fsp3) is 0.550. The molecule has 0 saturated carbocycles. The topological polar surface area (TPSA) is 93.7 Å². The molecule has 1 aromatic rings. The Morgan fingerprint density at radius 2 is 2.00 bits per heavy atom. The smallest absolute Gasteiger partial charge is 0.507 e. The zero-order valence-corrected chi connectivity index (χ0v) is 20.3. The number of carbonyl (C=O) groups excluding carboxylic acids is 3. The Hall–Kier alpha value is -1.42. The highest BCUT2D eigenvalue weighted by molar-refractivity contribution is 8.01. The number of rotatable bonds is 7. The van der Waals surface area contributed by atoms with Crippen LogP contribution in [0.5, 0.6) is 0 Å². The molecular weight excluding hydrogens is 462 g/mol. The zero-order valence-electron chi connectivity index (χ0n) is 17.9. The number of hydrogen-bond donors (Lipinski definition) is 2. The summed E-state index contributed by atoms with van der Waals surface area (Å²) in [6.45, 7) is 7.87. The average molecular weight is 489 g/mol. The lowest BCUT2D eigenvalue weighted by atomic mass is 9.73. The molecule has 31 heavy (non-hydrogen) atoms. The molecule has 1 heterocycles. The normalized spacial score (nSPS) is 20.5. The molecule has 0 spiro atoms. The number of thioether (sulfide) groups is 1. The van der Waals surface area contributed by atoms with Crippen molar-refractivity contribution in [2.24, 2.45) is 5.92 Å². The predicted octanol–water partition coefficient (Wildman–Crippen LogP) is 3.37. The van der Waals surface area contributed by atoms with Crippen LogP contribution >= 0.6 is 35.0 Å². The van der Waals surface area contributed by atoms with Crippen LogP contribution in [0, 0.1) is 5.92 Å². The highest BCUT2D eigenvalue weighted by Gasteiger charge is 2.39. The van der Waals surface area contributed by atoms with Gasteiger partial charge in [-0.05, 0) is 37.5 Å². The third kappa shape index (κ3) is 8.22. The number of amides is 2. The van der Waals surface area contributed by atoms with Crippen molar-refractivity contribution in [3.05, 3.63) is 33.8 Å². The van der Waals surface area contributed by atoms with Crippen LogP contribution in [0.2, 0.25) is 10.0 Å². The van der Waals surface area contributed by atoms with Gasteiger partial charge in [0, 0.05) is 16.9 Å². The van der Waals surface area contributed by atoms with E-state index in [0.717, 1.165) is 0 Å². The van der Waals surface area contributed by atoms with Crippen LogP contribution in [0.1, 0.15) is 44.5 Å². The van der Waals surface area contributed by atoms with Gasteiger partial charge < -0.3 is 19.9 Å². The van der Waals surface area contributed by atoms with Crippen molar-refractivity contribution in [1.29, 1.82) is 0 Å². The molecule has 2 N–H and O–H groups in total. The van der Waals surface area contributed by atoms with Gasteiger partial charge >= 0.3 is 13.1 Å². The van der Waals surface area contributed by atoms with Crippen molar-refractivity contribution in [2.45, 2.75) is 50.6 Å². The summed E-state index contributed by atoms with van der Waals surface area (Å²) in [6.07, 6.45) is 0.535. The number of benzene rings is 1. The average Bonchev–Trinajstić information content (AvgIpc) is 2.69. The molecule has 0 unspecified atom stereocenters. The van der Waals surface area contributed by atoms with Crippen molar-refractivity contribution in [3.63, 3.8) is 0 Å². The van der Waals surface area contributed by atoms with Gasteiger partial charge in [0.25, 0.3) is 5.91 Å². The fourth-order valence-electron chi connectivity index (χ4n) is 3.05. The van der Waals surface area contributed by atoms with Crippen LogP contribution in [0.3, 0.4) is 0 Å². The minimum Gasteiger partial charge on any atom is -0.507 e. The SMILES string of the molecule is CC(C)C[C@H](NC(=O)CNC(=O)c1cc(Cl)ccc1Cl)B1OC[C@@H](C)S[C@@H](C)C(=O)O1. The van der Waals surface area contributed by atoms with E-state index in [9.17, 15) is 14.4 Å². The lowest BCUT2D eigenvalue weighted by molar-refractivity contribution is -0.135. The maximum absolute atomic E-state index is 12.5. The van der Waals surface area contributed by atoms with Crippen molar-refractivity contribution in [2.75, 3.05) is 13.2 Å². The summed E-state index contributed by atoms with van der Waals surface area (Å²) < 4.78 is 11.3. The third-order valence-corrected chi connectivity index (χ3v) is 6.24. The number of hydrogen-bond acceptors (Lipinski definition) is 6. The van der Waals surface area contributed by atoms with Gasteiger partial charge in [-0.2, -0.15) is 0 Å². The molecule has 1 aliphatic heterocycles. The van der Waals surface area contributed by atoms with Gasteiger partial charge in [-0.25, -0.2) is 0 Å². The van der Waals surface area contributed by atoms with Gasteiger partial charge in [-0.1, -0.05) is 44.0 Å². The van der Waals surface area contributed by atoms with Gasteiger partial charge in [0.05, 0.1) is 28.3 Å². The summed E-state index contributed by atoms with van der Waals surface area (Å²) in [7, 11) is -0.900. The molecule has 1 fully saturated rings. The molecule has 170 valence electrons. The van der Waals surface area contributed by atoms with Crippen molar-refractivity contribution >= 4 is 59.9 Å². The Morgan fingerprint density at radius 3 is 2.68 bits per heavy atom. The van der Waals surface area contributed by atoms with Gasteiger partial charge in [0.15, 0.2) is 0 Å². The molecular formula is C20H27BCl2N2O5S. The monoisotopic (exact) mass is 488 g/mol. The van der Waals surface area contributed by atoms with Crippen molar-refractivity contribution in [1.82, 2.24) is 10.6 Å². The first kappa shape index (κ1) is 25.8. The van der Waals surface area contributed by atoms with Crippen LogP contribution in [0.15, 0.2) is 18.2 Å². The van der Waals surface area contributed by atoms with Gasteiger partial charge in [-0.15, -0.1) is 11.8 Å². The van der Waals surface area contributed by atoms with Crippen molar-refractivity contribution < 1.29 is 23.7 Å². The molecule has 0 radical (unpaired) electrons. The van der Waals surface area contributed by atoms with E-state index >= 15 is 0 Å². The van der Waals surface area contributed by atoms with Crippen LogP contribution < -0.4 is 10.6 Å². The molecule has 1 aliphatic rings. The quantitative estimate of drug-likeness (QED) is 0.571. The Morgan fingerprint density at radius 1 is 1.29 bits per heavy atom. The minimum atomic E-state index is -0.900. The Labute approximate surface area is 197 Å². The first-order valence-corrected chi connectivity index (χ1v) is 11.8. The summed E-state index contributed by atoms with van der Waals surface area (Å²) in [5, 5.41) is 5.74. The summed E-state index contributed by atoms with van der Waals surface area (Å²) in [4.78, 5) is 37.2. The van der Waals surface area contributed by atoms with E-state index in [4.69, 9.17) is 32.5 Å². The molecule has 0 aliphatic carbocycles.